The van der Waals surface area contributed by atoms with Crippen LogP contribution in [0.3, 0.4) is 0 Å². The van der Waals surface area contributed by atoms with Gasteiger partial charge in [-0.15, -0.1) is 0 Å². The molecule has 1 aromatic carbocycles. The van der Waals surface area contributed by atoms with E-state index < -0.39 is 0 Å². The third-order valence-corrected chi connectivity index (χ3v) is 3.63. The highest BCUT2D eigenvalue weighted by molar-refractivity contribution is 5.55. The Hall–Kier alpha value is -1.96. The van der Waals surface area contributed by atoms with Crippen molar-refractivity contribution in [1.29, 1.82) is 0 Å². The van der Waals surface area contributed by atoms with Crippen LogP contribution in [0.4, 0.5) is 5.69 Å². The standard InChI is InChI=1S/C21H32N2/c1-4-5-6-11-18-22-19-12-9-7-8-10-13-20-14-16-21(17-15-20)23(2)3/h7,9-10,12-17,19,22H,4-6,8,11,18H2,1-3H3/b9-7-,13-10+,19-12-. The van der Waals surface area contributed by atoms with Crippen molar-refractivity contribution >= 4 is 11.8 Å². The molecule has 0 saturated heterocycles. The molecule has 0 aliphatic rings. The lowest BCUT2D eigenvalue weighted by molar-refractivity contribution is 0.646. The molecule has 2 heteroatoms. The Labute approximate surface area is 142 Å². The maximum atomic E-state index is 3.32. The molecule has 0 aromatic heterocycles. The zero-order valence-corrected chi connectivity index (χ0v) is 15.0. The molecule has 0 fully saturated rings. The number of unbranched alkanes of at least 4 members (excludes halogenated alkanes) is 3. The van der Waals surface area contributed by atoms with Gasteiger partial charge in [0.15, 0.2) is 0 Å². The SMILES string of the molecule is CCCCCCN/C=C\C=C/C/C=C/c1ccc(N(C)C)cc1. The molecule has 1 rings (SSSR count). The summed E-state index contributed by atoms with van der Waals surface area (Å²) in [5.74, 6) is 0. The molecular weight excluding hydrogens is 280 g/mol. The molecule has 126 valence electrons. The van der Waals surface area contributed by atoms with E-state index in [-0.39, 0.29) is 0 Å². The molecule has 0 saturated carbocycles. The van der Waals surface area contributed by atoms with Gasteiger partial charge in [-0.05, 0) is 42.8 Å². The molecular formula is C21H32N2. The molecule has 0 heterocycles. The third kappa shape index (κ3) is 9.62. The second-order valence-corrected chi connectivity index (χ2v) is 5.93. The summed E-state index contributed by atoms with van der Waals surface area (Å²) in [4.78, 5) is 2.11. The zero-order valence-electron chi connectivity index (χ0n) is 15.0. The fourth-order valence-corrected chi connectivity index (χ4v) is 2.18. The van der Waals surface area contributed by atoms with Crippen molar-refractivity contribution in [3.8, 4) is 0 Å². The first-order valence-corrected chi connectivity index (χ1v) is 8.73. The van der Waals surface area contributed by atoms with E-state index in [1.807, 2.05) is 6.20 Å². The number of rotatable bonds is 11. The Balaban J connectivity index is 2.15. The quantitative estimate of drug-likeness (QED) is 0.435. The average molecular weight is 313 g/mol. The van der Waals surface area contributed by atoms with Crippen molar-refractivity contribution in [2.45, 2.75) is 39.0 Å². The zero-order chi connectivity index (χ0) is 16.8. The summed E-state index contributed by atoms with van der Waals surface area (Å²) in [6.45, 7) is 3.32. The Morgan fingerprint density at radius 3 is 2.43 bits per heavy atom. The van der Waals surface area contributed by atoms with Crippen LogP contribution in [-0.4, -0.2) is 20.6 Å². The fourth-order valence-electron chi connectivity index (χ4n) is 2.18. The highest BCUT2D eigenvalue weighted by Gasteiger charge is 1.92. The van der Waals surface area contributed by atoms with E-state index >= 15 is 0 Å². The molecule has 1 N–H and O–H groups in total. The number of nitrogens with one attached hydrogen (secondary N) is 1. The minimum atomic E-state index is 0.955. The summed E-state index contributed by atoms with van der Waals surface area (Å²) < 4.78 is 0. The number of nitrogens with zero attached hydrogens (tertiary/aromatic N) is 1. The Morgan fingerprint density at radius 1 is 0.957 bits per heavy atom. The molecule has 23 heavy (non-hydrogen) atoms. The molecule has 0 aliphatic heterocycles. The van der Waals surface area contributed by atoms with Crippen molar-refractivity contribution in [2.24, 2.45) is 0 Å². The maximum Gasteiger partial charge on any atom is 0.0361 e. The minimum Gasteiger partial charge on any atom is -0.391 e. The summed E-state index contributed by atoms with van der Waals surface area (Å²) in [7, 11) is 4.12. The van der Waals surface area contributed by atoms with E-state index in [0.717, 1.165) is 13.0 Å². The van der Waals surface area contributed by atoms with Gasteiger partial charge in [0, 0.05) is 26.3 Å². The number of allylic oxidation sites excluding steroid dienone is 4. The smallest absolute Gasteiger partial charge is 0.0361 e. The molecule has 0 amide bonds. The van der Waals surface area contributed by atoms with Gasteiger partial charge in [-0.2, -0.15) is 0 Å². The normalized spacial score (nSPS) is 11.8. The molecule has 2 nitrogen and oxygen atoms in total. The molecule has 0 aliphatic carbocycles. The van der Waals surface area contributed by atoms with Crippen molar-refractivity contribution in [3.63, 3.8) is 0 Å². The third-order valence-electron chi connectivity index (χ3n) is 3.63. The van der Waals surface area contributed by atoms with E-state index in [9.17, 15) is 0 Å². The van der Waals surface area contributed by atoms with Crippen molar-refractivity contribution in [2.75, 3.05) is 25.5 Å². The summed E-state index contributed by atoms with van der Waals surface area (Å²) in [5, 5.41) is 3.32. The molecule has 0 spiro atoms. The second-order valence-electron chi connectivity index (χ2n) is 5.93. The molecule has 0 bridgehead atoms. The maximum absolute atomic E-state index is 3.32. The van der Waals surface area contributed by atoms with Crippen LogP contribution in [0.5, 0.6) is 0 Å². The Kier molecular flexibility index (Phi) is 10.4. The predicted molar refractivity (Wildman–Crippen MR) is 105 cm³/mol. The van der Waals surface area contributed by atoms with Crippen LogP contribution >= 0.6 is 0 Å². The lowest BCUT2D eigenvalue weighted by Gasteiger charge is -2.11. The lowest BCUT2D eigenvalue weighted by Crippen LogP contribution is -2.07. The number of anilines is 1. The van der Waals surface area contributed by atoms with Gasteiger partial charge < -0.3 is 10.2 Å². The highest BCUT2D eigenvalue weighted by Crippen LogP contribution is 2.13. The van der Waals surface area contributed by atoms with E-state index in [0.29, 0.717) is 0 Å². The van der Waals surface area contributed by atoms with Gasteiger partial charge in [0.1, 0.15) is 0 Å². The first-order valence-electron chi connectivity index (χ1n) is 8.73. The minimum absolute atomic E-state index is 0.955. The van der Waals surface area contributed by atoms with Crippen molar-refractivity contribution < 1.29 is 0 Å². The summed E-state index contributed by atoms with van der Waals surface area (Å²) in [6.07, 6.45) is 18.9. The first kappa shape index (κ1) is 19.1. The molecule has 0 radical (unpaired) electrons. The van der Waals surface area contributed by atoms with Gasteiger partial charge >= 0.3 is 0 Å². The van der Waals surface area contributed by atoms with E-state index in [2.05, 4.69) is 85.9 Å². The molecule has 0 unspecified atom stereocenters. The Morgan fingerprint density at radius 2 is 1.74 bits per heavy atom. The number of hydrogen-bond donors (Lipinski definition) is 1. The monoisotopic (exact) mass is 312 g/mol. The van der Waals surface area contributed by atoms with Gasteiger partial charge in [-0.1, -0.05) is 62.6 Å². The largest absolute Gasteiger partial charge is 0.391 e. The predicted octanol–water partition coefficient (Wildman–Crippen LogP) is 5.40. The van der Waals surface area contributed by atoms with Crippen LogP contribution in [0.1, 0.15) is 44.6 Å². The first-order chi connectivity index (χ1) is 11.2. The number of benzene rings is 1. The van der Waals surface area contributed by atoms with Crippen LogP contribution in [0.2, 0.25) is 0 Å². The van der Waals surface area contributed by atoms with Crippen LogP contribution < -0.4 is 10.2 Å². The van der Waals surface area contributed by atoms with Crippen molar-refractivity contribution in [3.05, 3.63) is 60.3 Å². The highest BCUT2D eigenvalue weighted by atomic mass is 15.1. The van der Waals surface area contributed by atoms with Gasteiger partial charge in [0.05, 0.1) is 0 Å². The van der Waals surface area contributed by atoms with Gasteiger partial charge in [-0.25, -0.2) is 0 Å². The second kappa shape index (κ2) is 12.6. The molecule has 1 aromatic rings. The van der Waals surface area contributed by atoms with E-state index in [4.69, 9.17) is 0 Å². The van der Waals surface area contributed by atoms with Crippen LogP contribution in [-0.2, 0) is 0 Å². The fraction of sp³-hybridized carbons (Fsp3) is 0.429. The number of hydrogen-bond acceptors (Lipinski definition) is 2. The van der Waals surface area contributed by atoms with Crippen LogP contribution in [0, 0.1) is 0 Å². The summed E-state index contributed by atoms with van der Waals surface area (Å²) >= 11 is 0. The van der Waals surface area contributed by atoms with Crippen LogP contribution in [0.25, 0.3) is 6.08 Å². The molecule has 0 atom stereocenters. The van der Waals surface area contributed by atoms with Crippen molar-refractivity contribution in [1.82, 2.24) is 5.32 Å². The van der Waals surface area contributed by atoms with Crippen LogP contribution in [0.15, 0.2) is 54.8 Å². The topological polar surface area (TPSA) is 15.3 Å². The van der Waals surface area contributed by atoms with E-state index in [1.54, 1.807) is 0 Å². The van der Waals surface area contributed by atoms with Gasteiger partial charge in [-0.3, -0.25) is 0 Å². The van der Waals surface area contributed by atoms with E-state index in [1.165, 1.54) is 36.9 Å². The van der Waals surface area contributed by atoms with Gasteiger partial charge in [0.25, 0.3) is 0 Å². The summed E-state index contributed by atoms with van der Waals surface area (Å²) in [6, 6.07) is 8.59. The summed E-state index contributed by atoms with van der Waals surface area (Å²) in [5.41, 5.74) is 2.47. The lowest BCUT2D eigenvalue weighted by atomic mass is 10.1. The van der Waals surface area contributed by atoms with Gasteiger partial charge in [0.2, 0.25) is 0 Å². The Bertz CT molecular complexity index is 481. The average Bonchev–Trinajstić information content (AvgIpc) is 2.56.